The first-order valence-corrected chi connectivity index (χ1v) is 7.75. The number of imidazole rings is 1. The minimum atomic E-state index is -0.319. The fourth-order valence-corrected chi connectivity index (χ4v) is 2.83. The van der Waals surface area contributed by atoms with Gasteiger partial charge in [-0.1, -0.05) is 22.0 Å². The van der Waals surface area contributed by atoms with Crippen molar-refractivity contribution < 1.29 is 9.13 Å². The SMILES string of the molecule is Fc1ccc(Oc2nc3ccccn3c2CBr)c(Br)c1. The number of aromatic nitrogens is 2. The maximum atomic E-state index is 13.1. The predicted molar refractivity (Wildman–Crippen MR) is 82.0 cm³/mol. The molecule has 0 aliphatic carbocycles. The molecule has 0 saturated heterocycles. The van der Waals surface area contributed by atoms with E-state index in [9.17, 15) is 4.39 Å². The molecule has 6 heteroatoms. The van der Waals surface area contributed by atoms with E-state index in [0.717, 1.165) is 11.3 Å². The Balaban J connectivity index is 2.06. The van der Waals surface area contributed by atoms with E-state index in [4.69, 9.17) is 4.74 Å². The van der Waals surface area contributed by atoms with Gasteiger partial charge >= 0.3 is 0 Å². The van der Waals surface area contributed by atoms with Gasteiger partial charge in [-0.15, -0.1) is 0 Å². The second-order valence-corrected chi connectivity index (χ2v) is 5.52. The van der Waals surface area contributed by atoms with Gasteiger partial charge in [0.2, 0.25) is 5.88 Å². The topological polar surface area (TPSA) is 26.5 Å². The predicted octanol–water partition coefficient (Wildman–Crippen LogP) is 4.92. The van der Waals surface area contributed by atoms with Crippen molar-refractivity contribution in [2.75, 3.05) is 0 Å². The summed E-state index contributed by atoms with van der Waals surface area (Å²) < 4.78 is 21.4. The van der Waals surface area contributed by atoms with Crippen molar-refractivity contribution in [2.24, 2.45) is 0 Å². The number of pyridine rings is 1. The summed E-state index contributed by atoms with van der Waals surface area (Å²) in [6.07, 6.45) is 1.92. The summed E-state index contributed by atoms with van der Waals surface area (Å²) in [6, 6.07) is 10.0. The first-order chi connectivity index (χ1) is 9.69. The van der Waals surface area contributed by atoms with Crippen molar-refractivity contribution in [1.29, 1.82) is 0 Å². The lowest BCUT2D eigenvalue weighted by Gasteiger charge is -2.06. The van der Waals surface area contributed by atoms with Gasteiger partial charge in [0.05, 0.1) is 10.2 Å². The zero-order valence-corrected chi connectivity index (χ0v) is 13.4. The number of hydrogen-bond donors (Lipinski definition) is 0. The van der Waals surface area contributed by atoms with E-state index in [-0.39, 0.29) is 5.82 Å². The van der Waals surface area contributed by atoms with Crippen molar-refractivity contribution in [2.45, 2.75) is 5.33 Å². The fraction of sp³-hybridized carbons (Fsp3) is 0.0714. The minimum absolute atomic E-state index is 0.319. The summed E-state index contributed by atoms with van der Waals surface area (Å²) >= 11 is 6.72. The maximum absolute atomic E-state index is 13.1. The summed E-state index contributed by atoms with van der Waals surface area (Å²) in [4.78, 5) is 4.44. The molecule has 0 aliphatic rings. The van der Waals surface area contributed by atoms with E-state index in [0.29, 0.717) is 21.4 Å². The highest BCUT2D eigenvalue weighted by Crippen LogP contribution is 2.32. The minimum Gasteiger partial charge on any atom is -0.436 e. The highest BCUT2D eigenvalue weighted by atomic mass is 79.9. The Hall–Kier alpha value is -1.40. The van der Waals surface area contributed by atoms with Crippen molar-refractivity contribution in [1.82, 2.24) is 9.38 Å². The molecule has 0 bridgehead atoms. The second-order valence-electron chi connectivity index (χ2n) is 4.10. The van der Waals surface area contributed by atoms with Crippen LogP contribution in [0.5, 0.6) is 11.6 Å². The molecule has 102 valence electrons. The molecule has 3 rings (SSSR count). The van der Waals surface area contributed by atoms with Crippen molar-refractivity contribution in [3.05, 3.63) is 58.6 Å². The number of ether oxygens (including phenoxy) is 1. The van der Waals surface area contributed by atoms with Crippen LogP contribution >= 0.6 is 31.9 Å². The molecule has 0 saturated carbocycles. The Labute approximate surface area is 131 Å². The first kappa shape index (κ1) is 13.6. The van der Waals surface area contributed by atoms with E-state index in [1.165, 1.54) is 12.1 Å². The Morgan fingerprint density at radius 1 is 1.25 bits per heavy atom. The van der Waals surface area contributed by atoms with Gasteiger partial charge in [0.15, 0.2) is 0 Å². The van der Waals surface area contributed by atoms with Crippen LogP contribution in [0.3, 0.4) is 0 Å². The van der Waals surface area contributed by atoms with Crippen LogP contribution in [-0.4, -0.2) is 9.38 Å². The summed E-state index contributed by atoms with van der Waals surface area (Å²) in [7, 11) is 0. The van der Waals surface area contributed by atoms with Crippen molar-refractivity contribution in [3.63, 3.8) is 0 Å². The third kappa shape index (κ3) is 2.45. The van der Waals surface area contributed by atoms with Gasteiger partial charge in [-0.05, 0) is 46.3 Å². The van der Waals surface area contributed by atoms with Gasteiger partial charge in [-0.2, -0.15) is 4.98 Å². The van der Waals surface area contributed by atoms with Gasteiger partial charge < -0.3 is 4.74 Å². The molecule has 0 fully saturated rings. The van der Waals surface area contributed by atoms with Gasteiger partial charge in [0, 0.05) is 11.5 Å². The lowest BCUT2D eigenvalue weighted by Crippen LogP contribution is -1.92. The Morgan fingerprint density at radius 2 is 2.10 bits per heavy atom. The molecule has 3 aromatic rings. The van der Waals surface area contributed by atoms with E-state index in [1.54, 1.807) is 6.07 Å². The van der Waals surface area contributed by atoms with Crippen LogP contribution in [0.4, 0.5) is 4.39 Å². The molecule has 0 spiro atoms. The molecular formula is C14H9Br2FN2O. The van der Waals surface area contributed by atoms with E-state index < -0.39 is 0 Å². The Kier molecular flexibility index (Phi) is 3.76. The molecule has 0 aliphatic heterocycles. The third-order valence-electron chi connectivity index (χ3n) is 2.82. The van der Waals surface area contributed by atoms with E-state index in [1.807, 2.05) is 28.8 Å². The monoisotopic (exact) mass is 398 g/mol. The average molecular weight is 400 g/mol. The Bertz CT molecular complexity index is 773. The van der Waals surface area contributed by atoms with Gasteiger partial charge in [0.25, 0.3) is 0 Å². The number of benzene rings is 1. The van der Waals surface area contributed by atoms with Crippen LogP contribution in [0.1, 0.15) is 5.69 Å². The molecule has 3 nitrogen and oxygen atoms in total. The highest BCUT2D eigenvalue weighted by molar-refractivity contribution is 9.10. The number of hydrogen-bond acceptors (Lipinski definition) is 2. The standard InChI is InChI=1S/C14H9Br2FN2O/c15-8-11-14(18-13-3-1-2-6-19(11)13)20-12-5-4-9(17)7-10(12)16/h1-7H,8H2. The smallest absolute Gasteiger partial charge is 0.242 e. The van der Waals surface area contributed by atoms with E-state index >= 15 is 0 Å². The number of rotatable bonds is 3. The Morgan fingerprint density at radius 3 is 2.85 bits per heavy atom. The fourth-order valence-electron chi connectivity index (χ4n) is 1.89. The molecule has 2 aromatic heterocycles. The summed E-state index contributed by atoms with van der Waals surface area (Å²) in [5, 5.41) is 0.603. The number of nitrogens with zero attached hydrogens (tertiary/aromatic N) is 2. The number of alkyl halides is 1. The van der Waals surface area contributed by atoms with Crippen LogP contribution < -0.4 is 4.74 Å². The first-order valence-electron chi connectivity index (χ1n) is 5.84. The zero-order valence-electron chi connectivity index (χ0n) is 10.2. The van der Waals surface area contributed by atoms with Crippen molar-refractivity contribution in [3.8, 4) is 11.6 Å². The number of halogens is 3. The quantitative estimate of drug-likeness (QED) is 0.584. The van der Waals surface area contributed by atoms with Crippen LogP contribution in [0.15, 0.2) is 47.1 Å². The molecule has 0 atom stereocenters. The highest BCUT2D eigenvalue weighted by Gasteiger charge is 2.14. The molecule has 2 heterocycles. The van der Waals surface area contributed by atoms with Gasteiger partial charge in [-0.3, -0.25) is 4.40 Å². The molecular weight excluding hydrogens is 391 g/mol. The molecule has 1 aromatic carbocycles. The van der Waals surface area contributed by atoms with Crippen molar-refractivity contribution >= 4 is 37.5 Å². The average Bonchev–Trinajstić information content (AvgIpc) is 2.79. The molecule has 0 unspecified atom stereocenters. The van der Waals surface area contributed by atoms with E-state index in [2.05, 4.69) is 36.8 Å². The normalized spacial score (nSPS) is 10.9. The van der Waals surface area contributed by atoms with Gasteiger partial charge in [0.1, 0.15) is 17.2 Å². The zero-order chi connectivity index (χ0) is 14.1. The molecule has 0 N–H and O–H groups in total. The molecule has 0 amide bonds. The lowest BCUT2D eigenvalue weighted by molar-refractivity contribution is 0.457. The number of fused-ring (bicyclic) bond motifs is 1. The summed E-state index contributed by atoms with van der Waals surface area (Å²) in [5.74, 6) is 0.706. The maximum Gasteiger partial charge on any atom is 0.242 e. The summed E-state index contributed by atoms with van der Waals surface area (Å²) in [6.45, 7) is 0. The third-order valence-corrected chi connectivity index (χ3v) is 3.97. The van der Waals surface area contributed by atoms with Crippen LogP contribution in [0, 0.1) is 5.82 Å². The molecule has 0 radical (unpaired) electrons. The lowest BCUT2D eigenvalue weighted by atomic mass is 10.3. The largest absolute Gasteiger partial charge is 0.436 e. The van der Waals surface area contributed by atoms with Gasteiger partial charge in [-0.25, -0.2) is 4.39 Å². The van der Waals surface area contributed by atoms with Crippen LogP contribution in [-0.2, 0) is 5.33 Å². The second kappa shape index (κ2) is 5.54. The summed E-state index contributed by atoms with van der Waals surface area (Å²) in [5.41, 5.74) is 1.70. The van der Waals surface area contributed by atoms with Crippen LogP contribution in [0.25, 0.3) is 5.65 Å². The van der Waals surface area contributed by atoms with Crippen LogP contribution in [0.2, 0.25) is 0 Å². The molecule has 20 heavy (non-hydrogen) atoms.